The second-order valence-electron chi connectivity index (χ2n) is 7.00. The minimum absolute atomic E-state index is 0.103. The molecule has 0 spiro atoms. The number of amides is 1. The number of carbonyl (C=O) groups excluding carboxylic acids is 1. The molecule has 3 heterocycles. The van der Waals surface area contributed by atoms with E-state index >= 15 is 0 Å². The number of halogens is 2. The summed E-state index contributed by atoms with van der Waals surface area (Å²) in [5, 5.41) is 9.53. The molecule has 30 heavy (non-hydrogen) atoms. The highest BCUT2D eigenvalue weighted by Gasteiger charge is 2.28. The van der Waals surface area contributed by atoms with Gasteiger partial charge in [0.15, 0.2) is 5.82 Å². The number of anilines is 2. The van der Waals surface area contributed by atoms with E-state index in [4.69, 9.17) is 0 Å². The first-order chi connectivity index (χ1) is 14.6. The predicted molar refractivity (Wildman–Crippen MR) is 111 cm³/mol. The Labute approximate surface area is 175 Å². The molecule has 9 heteroatoms. The van der Waals surface area contributed by atoms with E-state index in [1.807, 2.05) is 36.0 Å². The van der Waals surface area contributed by atoms with Crippen LogP contribution in [0.3, 0.4) is 0 Å². The SMILES string of the molecule is O=C1NCc2nc(-c3c(F)cccc3F)nc(Nc3ccc(C4CNCS4)cc3)c21. The number of nitrogens with one attached hydrogen (secondary N) is 3. The van der Waals surface area contributed by atoms with Crippen LogP contribution in [0.25, 0.3) is 11.4 Å². The van der Waals surface area contributed by atoms with Crippen molar-refractivity contribution in [2.75, 3.05) is 17.7 Å². The largest absolute Gasteiger partial charge is 0.346 e. The number of thioether (sulfide) groups is 1. The summed E-state index contributed by atoms with van der Waals surface area (Å²) in [6.07, 6.45) is 0. The van der Waals surface area contributed by atoms with Gasteiger partial charge in [-0.15, -0.1) is 11.8 Å². The van der Waals surface area contributed by atoms with E-state index in [2.05, 4.69) is 25.9 Å². The number of benzene rings is 2. The monoisotopic (exact) mass is 425 g/mol. The first kappa shape index (κ1) is 19.0. The Morgan fingerprint density at radius 3 is 2.50 bits per heavy atom. The quantitative estimate of drug-likeness (QED) is 0.591. The lowest BCUT2D eigenvalue weighted by Crippen LogP contribution is -2.14. The number of hydrogen-bond donors (Lipinski definition) is 3. The topological polar surface area (TPSA) is 78.9 Å². The minimum Gasteiger partial charge on any atom is -0.346 e. The van der Waals surface area contributed by atoms with Crippen LogP contribution >= 0.6 is 11.8 Å². The van der Waals surface area contributed by atoms with Gasteiger partial charge in [0.25, 0.3) is 5.91 Å². The summed E-state index contributed by atoms with van der Waals surface area (Å²) in [7, 11) is 0. The van der Waals surface area contributed by atoms with Crippen LogP contribution in [0, 0.1) is 11.6 Å². The highest BCUT2D eigenvalue weighted by molar-refractivity contribution is 7.99. The van der Waals surface area contributed by atoms with Crippen molar-refractivity contribution >= 4 is 29.2 Å². The van der Waals surface area contributed by atoms with Gasteiger partial charge < -0.3 is 16.0 Å². The zero-order valence-corrected chi connectivity index (χ0v) is 16.5. The zero-order valence-electron chi connectivity index (χ0n) is 15.7. The fourth-order valence-electron chi connectivity index (χ4n) is 3.58. The average Bonchev–Trinajstić information content (AvgIpc) is 3.39. The number of nitrogens with zero attached hydrogens (tertiary/aromatic N) is 2. The van der Waals surface area contributed by atoms with Crippen molar-refractivity contribution in [3.63, 3.8) is 0 Å². The van der Waals surface area contributed by atoms with Crippen LogP contribution < -0.4 is 16.0 Å². The fraction of sp³-hybridized carbons (Fsp3) is 0.190. The van der Waals surface area contributed by atoms with Gasteiger partial charge >= 0.3 is 0 Å². The Morgan fingerprint density at radius 2 is 1.80 bits per heavy atom. The number of carbonyl (C=O) groups is 1. The Balaban J connectivity index is 1.53. The van der Waals surface area contributed by atoms with E-state index in [0.717, 1.165) is 30.2 Å². The average molecular weight is 425 g/mol. The molecule has 152 valence electrons. The van der Waals surface area contributed by atoms with Crippen LogP contribution in [0.15, 0.2) is 42.5 Å². The number of hydrogen-bond acceptors (Lipinski definition) is 6. The molecule has 0 bridgehead atoms. The second-order valence-corrected chi connectivity index (χ2v) is 8.19. The van der Waals surface area contributed by atoms with Crippen LogP contribution in [0.5, 0.6) is 0 Å². The summed E-state index contributed by atoms with van der Waals surface area (Å²) >= 11 is 1.85. The van der Waals surface area contributed by atoms with Crippen LogP contribution in [0.1, 0.15) is 26.9 Å². The molecule has 5 rings (SSSR count). The third-order valence-corrected chi connectivity index (χ3v) is 6.29. The molecule has 6 nitrogen and oxygen atoms in total. The Bertz CT molecular complexity index is 1110. The summed E-state index contributed by atoms with van der Waals surface area (Å²) in [5.41, 5.74) is 2.30. The molecule has 1 aromatic heterocycles. The van der Waals surface area contributed by atoms with Crippen LogP contribution in [-0.4, -0.2) is 28.3 Å². The van der Waals surface area contributed by atoms with Crippen LogP contribution in [0.4, 0.5) is 20.3 Å². The van der Waals surface area contributed by atoms with Gasteiger partial charge in [0.1, 0.15) is 23.0 Å². The van der Waals surface area contributed by atoms with E-state index in [9.17, 15) is 13.6 Å². The molecule has 2 aliphatic rings. The van der Waals surface area contributed by atoms with Crippen molar-refractivity contribution in [3.05, 3.63) is 70.9 Å². The van der Waals surface area contributed by atoms with Gasteiger partial charge in [0, 0.05) is 23.4 Å². The highest BCUT2D eigenvalue weighted by atomic mass is 32.2. The second kappa shape index (κ2) is 7.66. The Kier molecular flexibility index (Phi) is 4.84. The molecular formula is C21H17F2N5OS. The summed E-state index contributed by atoms with van der Waals surface area (Å²) in [6, 6.07) is 11.4. The fourth-order valence-corrected chi connectivity index (χ4v) is 4.60. The molecule has 3 N–H and O–H groups in total. The van der Waals surface area contributed by atoms with Gasteiger partial charge in [-0.1, -0.05) is 18.2 Å². The Hall–Kier alpha value is -3.04. The van der Waals surface area contributed by atoms with E-state index in [1.165, 1.54) is 11.6 Å². The van der Waals surface area contributed by atoms with Crippen molar-refractivity contribution in [3.8, 4) is 11.4 Å². The highest BCUT2D eigenvalue weighted by Crippen LogP contribution is 2.33. The van der Waals surface area contributed by atoms with Gasteiger partial charge in [-0.3, -0.25) is 4.79 Å². The molecule has 0 radical (unpaired) electrons. The Morgan fingerprint density at radius 1 is 1.03 bits per heavy atom. The maximum atomic E-state index is 14.3. The molecule has 1 unspecified atom stereocenters. The predicted octanol–water partition coefficient (Wildman–Crippen LogP) is 3.74. The lowest BCUT2D eigenvalue weighted by Gasteiger charge is -2.13. The normalized spacial score (nSPS) is 17.7. The molecule has 1 amide bonds. The van der Waals surface area contributed by atoms with Gasteiger partial charge in [0.05, 0.1) is 17.8 Å². The van der Waals surface area contributed by atoms with Crippen LogP contribution in [-0.2, 0) is 6.54 Å². The first-order valence-electron chi connectivity index (χ1n) is 9.43. The summed E-state index contributed by atoms with van der Waals surface area (Å²) in [6.45, 7) is 1.11. The summed E-state index contributed by atoms with van der Waals surface area (Å²) in [5.74, 6) is -0.790. The first-order valence-corrected chi connectivity index (χ1v) is 10.5. The summed E-state index contributed by atoms with van der Waals surface area (Å²) in [4.78, 5) is 20.8. The molecule has 2 aromatic carbocycles. The minimum atomic E-state index is -0.759. The molecule has 0 saturated carbocycles. The smallest absolute Gasteiger partial charge is 0.257 e. The lowest BCUT2D eigenvalue weighted by molar-refractivity contribution is 0.0966. The van der Waals surface area contributed by atoms with E-state index in [-0.39, 0.29) is 35.2 Å². The van der Waals surface area contributed by atoms with Gasteiger partial charge in [0.2, 0.25) is 0 Å². The number of fused-ring (bicyclic) bond motifs is 1. The summed E-state index contributed by atoms with van der Waals surface area (Å²) < 4.78 is 28.6. The molecule has 1 atom stereocenters. The molecule has 0 aliphatic carbocycles. The van der Waals surface area contributed by atoms with Crippen molar-refractivity contribution < 1.29 is 13.6 Å². The van der Waals surface area contributed by atoms with Crippen molar-refractivity contribution in [2.24, 2.45) is 0 Å². The molecular weight excluding hydrogens is 408 g/mol. The zero-order chi connectivity index (χ0) is 20.7. The third-order valence-electron chi connectivity index (χ3n) is 5.08. The standard InChI is InChI=1S/C21H17F2N5OS/c22-13-2-1-3-14(23)17(13)19-27-15-8-25-21(29)18(15)20(28-19)26-12-6-4-11(5-7-12)16-9-24-10-30-16/h1-7,16,24H,8-10H2,(H,25,29)(H,26,27,28). The molecule has 1 saturated heterocycles. The van der Waals surface area contributed by atoms with E-state index in [1.54, 1.807) is 0 Å². The molecule has 2 aliphatic heterocycles. The van der Waals surface area contributed by atoms with Crippen molar-refractivity contribution in [2.45, 2.75) is 11.8 Å². The van der Waals surface area contributed by atoms with Crippen molar-refractivity contribution in [1.82, 2.24) is 20.6 Å². The maximum Gasteiger partial charge on any atom is 0.257 e. The lowest BCUT2D eigenvalue weighted by atomic mass is 10.1. The number of aromatic nitrogens is 2. The van der Waals surface area contributed by atoms with Crippen LogP contribution in [0.2, 0.25) is 0 Å². The van der Waals surface area contributed by atoms with Gasteiger partial charge in [-0.25, -0.2) is 18.7 Å². The van der Waals surface area contributed by atoms with Gasteiger partial charge in [-0.05, 0) is 29.8 Å². The number of rotatable bonds is 4. The van der Waals surface area contributed by atoms with Gasteiger partial charge in [-0.2, -0.15) is 0 Å². The van der Waals surface area contributed by atoms with Crippen molar-refractivity contribution in [1.29, 1.82) is 0 Å². The maximum absolute atomic E-state index is 14.3. The molecule has 3 aromatic rings. The molecule has 1 fully saturated rings. The van der Waals surface area contributed by atoms with E-state index < -0.39 is 11.6 Å². The van der Waals surface area contributed by atoms with E-state index in [0.29, 0.717) is 10.9 Å². The third kappa shape index (κ3) is 3.40.